The summed E-state index contributed by atoms with van der Waals surface area (Å²) in [6.45, 7) is 1.95. The Balaban J connectivity index is 1.72. The molecule has 0 radical (unpaired) electrons. The number of aromatic nitrogens is 1. The van der Waals surface area contributed by atoms with Gasteiger partial charge < -0.3 is 15.4 Å². The van der Waals surface area contributed by atoms with E-state index >= 15 is 0 Å². The van der Waals surface area contributed by atoms with Crippen LogP contribution in [0, 0.1) is 6.92 Å². The molecular formula is C20H19N3O2. The van der Waals surface area contributed by atoms with E-state index in [1.165, 1.54) is 0 Å². The lowest BCUT2D eigenvalue weighted by molar-refractivity contribution is 0.102. The Bertz CT molecular complexity index is 876. The molecule has 126 valence electrons. The number of methoxy groups -OCH3 is 1. The fourth-order valence-electron chi connectivity index (χ4n) is 2.41. The van der Waals surface area contributed by atoms with E-state index < -0.39 is 0 Å². The van der Waals surface area contributed by atoms with Gasteiger partial charge in [-0.25, -0.2) is 4.98 Å². The molecule has 1 amide bonds. The van der Waals surface area contributed by atoms with Crippen LogP contribution in [0.25, 0.3) is 0 Å². The zero-order valence-electron chi connectivity index (χ0n) is 14.1. The molecule has 0 atom stereocenters. The number of para-hydroxylation sites is 3. The average molecular weight is 333 g/mol. The van der Waals surface area contributed by atoms with Gasteiger partial charge in [0.1, 0.15) is 11.4 Å². The number of nitrogens with zero attached hydrogens (tertiary/aromatic N) is 1. The van der Waals surface area contributed by atoms with Crippen LogP contribution in [0.2, 0.25) is 0 Å². The monoisotopic (exact) mass is 333 g/mol. The fourth-order valence-corrected chi connectivity index (χ4v) is 2.41. The van der Waals surface area contributed by atoms with Crippen molar-refractivity contribution in [3.05, 3.63) is 78.1 Å². The van der Waals surface area contributed by atoms with Gasteiger partial charge in [0.2, 0.25) is 0 Å². The highest BCUT2D eigenvalue weighted by molar-refractivity contribution is 6.03. The number of benzene rings is 2. The molecule has 3 rings (SSSR count). The molecule has 0 aliphatic heterocycles. The van der Waals surface area contributed by atoms with E-state index in [-0.39, 0.29) is 5.91 Å². The van der Waals surface area contributed by atoms with Crippen molar-refractivity contribution in [3.63, 3.8) is 0 Å². The van der Waals surface area contributed by atoms with Crippen LogP contribution in [-0.2, 0) is 0 Å². The average Bonchev–Trinajstić information content (AvgIpc) is 2.64. The third-order valence-electron chi connectivity index (χ3n) is 3.78. The maximum absolute atomic E-state index is 12.3. The molecular weight excluding hydrogens is 314 g/mol. The highest BCUT2D eigenvalue weighted by Gasteiger charge is 2.09. The third kappa shape index (κ3) is 3.95. The molecule has 0 fully saturated rings. The normalized spacial score (nSPS) is 10.2. The summed E-state index contributed by atoms with van der Waals surface area (Å²) in [6, 6.07) is 18.7. The van der Waals surface area contributed by atoms with Crippen LogP contribution in [0.3, 0.4) is 0 Å². The van der Waals surface area contributed by atoms with Gasteiger partial charge in [0, 0.05) is 5.69 Å². The van der Waals surface area contributed by atoms with Gasteiger partial charge in [-0.3, -0.25) is 4.79 Å². The number of carbonyl (C=O) groups is 1. The van der Waals surface area contributed by atoms with Crippen molar-refractivity contribution in [3.8, 4) is 5.75 Å². The van der Waals surface area contributed by atoms with E-state index in [0.717, 1.165) is 28.4 Å². The Morgan fingerprint density at radius 3 is 2.36 bits per heavy atom. The zero-order chi connectivity index (χ0) is 17.6. The summed E-state index contributed by atoms with van der Waals surface area (Å²) in [7, 11) is 1.62. The lowest BCUT2D eigenvalue weighted by Gasteiger charge is -2.11. The minimum absolute atomic E-state index is 0.238. The molecule has 2 aromatic carbocycles. The van der Waals surface area contributed by atoms with Crippen LogP contribution in [-0.4, -0.2) is 18.0 Å². The molecule has 0 saturated heterocycles. The summed E-state index contributed by atoms with van der Waals surface area (Å²) in [5.74, 6) is 0.502. The van der Waals surface area contributed by atoms with Crippen molar-refractivity contribution in [2.45, 2.75) is 6.92 Å². The lowest BCUT2D eigenvalue weighted by Crippen LogP contribution is -2.14. The fraction of sp³-hybridized carbons (Fsp3) is 0.100. The Morgan fingerprint density at radius 1 is 0.960 bits per heavy atom. The molecule has 0 unspecified atom stereocenters. The van der Waals surface area contributed by atoms with E-state index in [1.54, 1.807) is 19.4 Å². The van der Waals surface area contributed by atoms with E-state index in [9.17, 15) is 4.79 Å². The van der Waals surface area contributed by atoms with Crippen LogP contribution >= 0.6 is 0 Å². The van der Waals surface area contributed by atoms with E-state index in [0.29, 0.717) is 5.69 Å². The van der Waals surface area contributed by atoms with Gasteiger partial charge in [0.05, 0.1) is 24.7 Å². The molecule has 5 nitrogen and oxygen atoms in total. The van der Waals surface area contributed by atoms with Gasteiger partial charge in [0.25, 0.3) is 5.91 Å². The summed E-state index contributed by atoms with van der Waals surface area (Å²) in [5.41, 5.74) is 3.76. The van der Waals surface area contributed by atoms with Crippen molar-refractivity contribution in [1.82, 2.24) is 4.98 Å². The molecule has 0 aliphatic carbocycles. The predicted octanol–water partition coefficient (Wildman–Crippen LogP) is 4.39. The number of nitrogens with one attached hydrogen (secondary N) is 2. The number of carbonyl (C=O) groups excluding carboxylic acids is 1. The molecule has 0 spiro atoms. The largest absolute Gasteiger partial charge is 0.495 e. The summed E-state index contributed by atoms with van der Waals surface area (Å²) in [4.78, 5) is 16.6. The van der Waals surface area contributed by atoms with Gasteiger partial charge in [-0.05, 0) is 42.8 Å². The number of amides is 1. The van der Waals surface area contributed by atoms with E-state index in [1.807, 2.05) is 61.5 Å². The highest BCUT2D eigenvalue weighted by Crippen LogP contribution is 2.26. The smallest absolute Gasteiger partial charge is 0.274 e. The van der Waals surface area contributed by atoms with Crippen LogP contribution < -0.4 is 15.4 Å². The molecule has 25 heavy (non-hydrogen) atoms. The number of hydrogen-bond acceptors (Lipinski definition) is 4. The second kappa shape index (κ2) is 7.49. The molecule has 1 heterocycles. The van der Waals surface area contributed by atoms with Crippen LogP contribution in [0.5, 0.6) is 5.75 Å². The SMILES string of the molecule is COc1ccccc1Nc1ccc(C(=O)Nc2ccccc2C)nc1. The van der Waals surface area contributed by atoms with Crippen molar-refractivity contribution >= 4 is 23.0 Å². The molecule has 0 aliphatic rings. The molecule has 0 bridgehead atoms. The summed E-state index contributed by atoms with van der Waals surface area (Å²) < 4.78 is 5.31. The van der Waals surface area contributed by atoms with Crippen molar-refractivity contribution in [2.75, 3.05) is 17.7 Å². The first kappa shape index (κ1) is 16.5. The number of hydrogen-bond donors (Lipinski definition) is 2. The molecule has 0 saturated carbocycles. The Labute approximate surface area is 146 Å². The minimum Gasteiger partial charge on any atom is -0.495 e. The Morgan fingerprint density at radius 2 is 1.68 bits per heavy atom. The molecule has 5 heteroatoms. The molecule has 2 N–H and O–H groups in total. The lowest BCUT2D eigenvalue weighted by atomic mass is 10.2. The first-order chi connectivity index (χ1) is 12.2. The predicted molar refractivity (Wildman–Crippen MR) is 99.6 cm³/mol. The first-order valence-electron chi connectivity index (χ1n) is 7.90. The third-order valence-corrected chi connectivity index (χ3v) is 3.78. The number of rotatable bonds is 5. The van der Waals surface area contributed by atoms with Gasteiger partial charge in [-0.2, -0.15) is 0 Å². The number of aryl methyl sites for hydroxylation is 1. The number of anilines is 3. The van der Waals surface area contributed by atoms with Gasteiger partial charge >= 0.3 is 0 Å². The Hall–Kier alpha value is -3.34. The van der Waals surface area contributed by atoms with Crippen molar-refractivity contribution < 1.29 is 9.53 Å². The Kier molecular flexibility index (Phi) is 4.95. The van der Waals surface area contributed by atoms with Gasteiger partial charge in [-0.15, -0.1) is 0 Å². The standard InChI is InChI=1S/C20H19N3O2/c1-14-7-3-4-8-16(14)23-20(24)18-12-11-15(13-21-18)22-17-9-5-6-10-19(17)25-2/h3-13,22H,1-2H3,(H,23,24). The first-order valence-corrected chi connectivity index (χ1v) is 7.90. The maximum atomic E-state index is 12.3. The van der Waals surface area contributed by atoms with Crippen molar-refractivity contribution in [1.29, 1.82) is 0 Å². The summed E-state index contributed by atoms with van der Waals surface area (Å²) in [5, 5.41) is 6.10. The quantitative estimate of drug-likeness (QED) is 0.727. The number of ether oxygens (including phenoxy) is 1. The zero-order valence-corrected chi connectivity index (χ0v) is 14.1. The van der Waals surface area contributed by atoms with Gasteiger partial charge in [0.15, 0.2) is 0 Å². The number of pyridine rings is 1. The molecule has 1 aromatic heterocycles. The van der Waals surface area contributed by atoms with Crippen LogP contribution in [0.15, 0.2) is 66.9 Å². The second-order valence-corrected chi connectivity index (χ2v) is 5.53. The maximum Gasteiger partial charge on any atom is 0.274 e. The summed E-state index contributed by atoms with van der Waals surface area (Å²) in [6.07, 6.45) is 1.62. The topological polar surface area (TPSA) is 63.2 Å². The van der Waals surface area contributed by atoms with E-state index in [2.05, 4.69) is 15.6 Å². The van der Waals surface area contributed by atoms with Crippen molar-refractivity contribution in [2.24, 2.45) is 0 Å². The summed E-state index contributed by atoms with van der Waals surface area (Å²) >= 11 is 0. The molecule has 3 aromatic rings. The minimum atomic E-state index is -0.238. The van der Waals surface area contributed by atoms with Crippen LogP contribution in [0.1, 0.15) is 16.1 Å². The highest BCUT2D eigenvalue weighted by atomic mass is 16.5. The van der Waals surface area contributed by atoms with Crippen LogP contribution in [0.4, 0.5) is 17.1 Å². The van der Waals surface area contributed by atoms with Gasteiger partial charge in [-0.1, -0.05) is 30.3 Å². The van der Waals surface area contributed by atoms with E-state index in [4.69, 9.17) is 4.74 Å². The second-order valence-electron chi connectivity index (χ2n) is 5.53.